The molecule has 1 aliphatic heterocycles. The number of nitrogens with one attached hydrogen (secondary N) is 1. The largest absolute Gasteiger partial charge is 0.317 e. The minimum absolute atomic E-state index is 0.637. The zero-order chi connectivity index (χ0) is 9.03. The maximum Gasteiger partial charge on any atom is 0.114 e. The fraction of sp³-hybridized carbons (Fsp3) is 1.00. The first-order valence-electron chi connectivity index (χ1n) is 4.59. The molecule has 0 aromatic carbocycles. The molecule has 1 rings (SSSR count). The van der Waals surface area contributed by atoms with E-state index in [0.717, 1.165) is 13.1 Å². The maximum atomic E-state index is 13.1. The Morgan fingerprint density at radius 1 is 1.42 bits per heavy atom. The summed E-state index contributed by atoms with van der Waals surface area (Å²) in [7, 11) is 0. The van der Waals surface area contributed by atoms with Gasteiger partial charge in [0.05, 0.1) is 0 Å². The number of hydrogen-bond donors (Lipinski definition) is 1. The highest BCUT2D eigenvalue weighted by Crippen LogP contribution is 2.25. The van der Waals surface area contributed by atoms with Crippen LogP contribution < -0.4 is 5.32 Å². The van der Waals surface area contributed by atoms with Gasteiger partial charge < -0.3 is 5.32 Å². The van der Waals surface area contributed by atoms with Crippen LogP contribution in [0.1, 0.15) is 26.7 Å². The zero-order valence-electron chi connectivity index (χ0n) is 7.90. The SMILES string of the molecule is CC(C)(F)CSC1CCNCC1. The number of piperidine rings is 1. The summed E-state index contributed by atoms with van der Waals surface area (Å²) in [6, 6.07) is 0. The lowest BCUT2D eigenvalue weighted by molar-refractivity contribution is 0.252. The van der Waals surface area contributed by atoms with Crippen LogP contribution in [0.2, 0.25) is 0 Å². The van der Waals surface area contributed by atoms with Crippen LogP contribution in [0.25, 0.3) is 0 Å². The van der Waals surface area contributed by atoms with Crippen molar-refractivity contribution < 1.29 is 4.39 Å². The summed E-state index contributed by atoms with van der Waals surface area (Å²) < 4.78 is 13.1. The van der Waals surface area contributed by atoms with E-state index in [1.807, 2.05) is 0 Å². The van der Waals surface area contributed by atoms with Crippen LogP contribution in [0.3, 0.4) is 0 Å². The van der Waals surface area contributed by atoms with Crippen LogP contribution in [0.4, 0.5) is 4.39 Å². The zero-order valence-corrected chi connectivity index (χ0v) is 8.72. The summed E-state index contributed by atoms with van der Waals surface area (Å²) in [6.45, 7) is 5.51. The van der Waals surface area contributed by atoms with Crippen molar-refractivity contribution in [1.29, 1.82) is 0 Å². The molecule has 0 atom stereocenters. The quantitative estimate of drug-likeness (QED) is 0.734. The summed E-state index contributed by atoms with van der Waals surface area (Å²) in [5.74, 6) is 0.637. The monoisotopic (exact) mass is 191 g/mol. The van der Waals surface area contributed by atoms with Gasteiger partial charge in [-0.3, -0.25) is 0 Å². The van der Waals surface area contributed by atoms with Crippen molar-refractivity contribution in [2.45, 2.75) is 37.6 Å². The topological polar surface area (TPSA) is 12.0 Å². The average Bonchev–Trinajstić information content (AvgIpc) is 2.02. The summed E-state index contributed by atoms with van der Waals surface area (Å²) in [4.78, 5) is 0. The molecule has 0 spiro atoms. The predicted molar refractivity (Wildman–Crippen MR) is 53.5 cm³/mol. The average molecular weight is 191 g/mol. The molecule has 1 nitrogen and oxygen atoms in total. The number of hydrogen-bond acceptors (Lipinski definition) is 2. The molecule has 1 fully saturated rings. The van der Waals surface area contributed by atoms with Crippen LogP contribution in [0.5, 0.6) is 0 Å². The van der Waals surface area contributed by atoms with Crippen LogP contribution in [0, 0.1) is 0 Å². The molecule has 0 radical (unpaired) electrons. The second-order valence-electron chi connectivity index (χ2n) is 3.98. The number of thioether (sulfide) groups is 1. The van der Waals surface area contributed by atoms with Gasteiger partial charge in [-0.15, -0.1) is 0 Å². The fourth-order valence-corrected chi connectivity index (χ4v) is 2.48. The summed E-state index contributed by atoms with van der Waals surface area (Å²) in [5, 5.41) is 3.99. The second kappa shape index (κ2) is 4.47. The smallest absolute Gasteiger partial charge is 0.114 e. The molecule has 0 aliphatic carbocycles. The third-order valence-corrected chi connectivity index (χ3v) is 3.74. The lowest BCUT2D eigenvalue weighted by atomic mass is 10.2. The molecule has 3 heteroatoms. The molecule has 1 N–H and O–H groups in total. The first-order valence-corrected chi connectivity index (χ1v) is 5.64. The Kier molecular flexibility index (Phi) is 3.84. The van der Waals surface area contributed by atoms with E-state index in [0.29, 0.717) is 11.0 Å². The van der Waals surface area contributed by atoms with Crippen LogP contribution in [-0.4, -0.2) is 29.8 Å². The lowest BCUT2D eigenvalue weighted by Gasteiger charge is -2.24. The van der Waals surface area contributed by atoms with Gasteiger partial charge in [-0.25, -0.2) is 4.39 Å². The van der Waals surface area contributed by atoms with E-state index in [-0.39, 0.29) is 0 Å². The van der Waals surface area contributed by atoms with Crippen molar-refractivity contribution in [3.8, 4) is 0 Å². The van der Waals surface area contributed by atoms with Crippen molar-refractivity contribution >= 4 is 11.8 Å². The Hall–Kier alpha value is 0.240. The van der Waals surface area contributed by atoms with E-state index in [4.69, 9.17) is 0 Å². The second-order valence-corrected chi connectivity index (χ2v) is 5.27. The molecule has 0 aromatic rings. The molecule has 1 saturated heterocycles. The van der Waals surface area contributed by atoms with Gasteiger partial charge in [0.25, 0.3) is 0 Å². The molecule has 12 heavy (non-hydrogen) atoms. The number of halogens is 1. The van der Waals surface area contributed by atoms with Crippen molar-refractivity contribution in [3.05, 3.63) is 0 Å². The van der Waals surface area contributed by atoms with E-state index < -0.39 is 5.67 Å². The molecule has 1 heterocycles. The molecular formula is C9H18FNS. The first-order chi connectivity index (χ1) is 5.58. The molecule has 0 amide bonds. The maximum absolute atomic E-state index is 13.1. The summed E-state index contributed by atoms with van der Waals surface area (Å²) in [6.07, 6.45) is 2.39. The highest BCUT2D eigenvalue weighted by molar-refractivity contribution is 7.99. The van der Waals surface area contributed by atoms with Crippen molar-refractivity contribution in [2.24, 2.45) is 0 Å². The van der Waals surface area contributed by atoms with Gasteiger partial charge in [0.15, 0.2) is 0 Å². The highest BCUT2D eigenvalue weighted by atomic mass is 32.2. The predicted octanol–water partition coefficient (Wildman–Crippen LogP) is 2.22. The first kappa shape index (κ1) is 10.3. The molecule has 0 aromatic heterocycles. The Balaban J connectivity index is 2.13. The Morgan fingerprint density at radius 2 is 2.00 bits per heavy atom. The van der Waals surface area contributed by atoms with Gasteiger partial charge in [0.1, 0.15) is 5.67 Å². The Morgan fingerprint density at radius 3 is 2.50 bits per heavy atom. The Bertz CT molecular complexity index is 127. The number of rotatable bonds is 3. The molecule has 0 bridgehead atoms. The van der Waals surface area contributed by atoms with Gasteiger partial charge in [0.2, 0.25) is 0 Å². The van der Waals surface area contributed by atoms with Gasteiger partial charge in [-0.2, -0.15) is 11.8 Å². The molecule has 0 saturated carbocycles. The summed E-state index contributed by atoms with van der Waals surface area (Å²) in [5.41, 5.74) is -1.00. The minimum atomic E-state index is -1.00. The van der Waals surface area contributed by atoms with E-state index in [1.165, 1.54) is 12.8 Å². The van der Waals surface area contributed by atoms with Crippen molar-refractivity contribution in [2.75, 3.05) is 18.8 Å². The van der Waals surface area contributed by atoms with Crippen molar-refractivity contribution in [3.63, 3.8) is 0 Å². The normalized spacial score (nSPS) is 21.2. The lowest BCUT2D eigenvalue weighted by Crippen LogP contribution is -2.30. The Labute approximate surface area is 78.5 Å². The van der Waals surface area contributed by atoms with E-state index in [9.17, 15) is 4.39 Å². The van der Waals surface area contributed by atoms with Gasteiger partial charge in [0, 0.05) is 11.0 Å². The van der Waals surface area contributed by atoms with E-state index >= 15 is 0 Å². The highest BCUT2D eigenvalue weighted by Gasteiger charge is 2.20. The van der Waals surface area contributed by atoms with E-state index in [1.54, 1.807) is 25.6 Å². The fourth-order valence-electron chi connectivity index (χ4n) is 1.28. The standard InChI is InChI=1S/C9H18FNS/c1-9(2,10)7-12-8-3-5-11-6-4-8/h8,11H,3-7H2,1-2H3. The third kappa shape index (κ3) is 4.31. The van der Waals surface area contributed by atoms with Crippen molar-refractivity contribution in [1.82, 2.24) is 5.32 Å². The van der Waals surface area contributed by atoms with Gasteiger partial charge in [-0.1, -0.05) is 0 Å². The molecular weight excluding hydrogens is 173 g/mol. The third-order valence-electron chi connectivity index (χ3n) is 1.95. The minimum Gasteiger partial charge on any atom is -0.317 e. The molecule has 72 valence electrons. The van der Waals surface area contributed by atoms with Gasteiger partial charge in [-0.05, 0) is 39.8 Å². The molecule has 0 unspecified atom stereocenters. The van der Waals surface area contributed by atoms with Crippen LogP contribution in [-0.2, 0) is 0 Å². The molecule has 1 aliphatic rings. The summed E-state index contributed by atoms with van der Waals surface area (Å²) >= 11 is 1.79. The number of alkyl halides is 1. The van der Waals surface area contributed by atoms with E-state index in [2.05, 4.69) is 5.32 Å². The van der Waals surface area contributed by atoms with Gasteiger partial charge >= 0.3 is 0 Å². The van der Waals surface area contributed by atoms with Crippen LogP contribution in [0.15, 0.2) is 0 Å². The van der Waals surface area contributed by atoms with Crippen LogP contribution >= 0.6 is 11.8 Å².